The van der Waals surface area contributed by atoms with Crippen molar-refractivity contribution in [2.45, 2.75) is 43.7 Å². The number of imidazole rings is 1. The molecular weight excluding hydrogens is 512 g/mol. The van der Waals surface area contributed by atoms with Crippen LogP contribution >= 0.6 is 11.6 Å². The highest BCUT2D eigenvalue weighted by atomic mass is 35.5. The smallest absolute Gasteiger partial charge is 0.269 e. The van der Waals surface area contributed by atoms with Crippen molar-refractivity contribution in [2.24, 2.45) is 0 Å². The Morgan fingerprint density at radius 1 is 1.14 bits per heavy atom. The first-order chi connectivity index (χ1) is 17.7. The predicted molar refractivity (Wildman–Crippen MR) is 142 cm³/mol. The number of benzene rings is 1. The van der Waals surface area contributed by atoms with Gasteiger partial charge in [-0.05, 0) is 62.6 Å². The van der Waals surface area contributed by atoms with E-state index in [1.54, 1.807) is 24.3 Å². The summed E-state index contributed by atoms with van der Waals surface area (Å²) in [7, 11) is -3.56. The summed E-state index contributed by atoms with van der Waals surface area (Å²) in [6, 6.07) is 11.8. The van der Waals surface area contributed by atoms with Gasteiger partial charge in [0, 0.05) is 17.9 Å². The normalized spacial score (nSPS) is 16.0. The summed E-state index contributed by atoms with van der Waals surface area (Å²) < 4.78 is 33.1. The van der Waals surface area contributed by atoms with Crippen LogP contribution in [0.15, 0.2) is 47.4 Å². The molecule has 4 heterocycles. The van der Waals surface area contributed by atoms with E-state index >= 15 is 0 Å². The van der Waals surface area contributed by atoms with Gasteiger partial charge >= 0.3 is 0 Å². The van der Waals surface area contributed by atoms with Crippen LogP contribution < -0.4 is 5.32 Å². The van der Waals surface area contributed by atoms with E-state index in [-0.39, 0.29) is 11.1 Å². The van der Waals surface area contributed by atoms with Gasteiger partial charge in [0.2, 0.25) is 0 Å². The number of sulfone groups is 1. The van der Waals surface area contributed by atoms with Crippen molar-refractivity contribution in [1.82, 2.24) is 19.5 Å². The van der Waals surface area contributed by atoms with Gasteiger partial charge in [0.15, 0.2) is 15.5 Å². The summed E-state index contributed by atoms with van der Waals surface area (Å²) in [5, 5.41) is 3.60. The fourth-order valence-electron chi connectivity index (χ4n) is 4.55. The molecule has 1 N–H and O–H groups in total. The lowest BCUT2D eigenvalue weighted by atomic mass is 10.1. The zero-order valence-electron chi connectivity index (χ0n) is 20.4. The number of nitrogens with one attached hydrogen (secondary N) is 1. The third-order valence-electron chi connectivity index (χ3n) is 6.20. The highest BCUT2D eigenvalue weighted by Crippen LogP contribution is 2.34. The van der Waals surface area contributed by atoms with E-state index in [0.29, 0.717) is 57.8 Å². The third-order valence-corrected chi connectivity index (χ3v) is 7.57. The number of hydrogen-bond donors (Lipinski definition) is 1. The first-order valence-corrected chi connectivity index (χ1v) is 14.1. The Morgan fingerprint density at radius 3 is 2.70 bits per heavy atom. The first kappa shape index (κ1) is 25.1. The van der Waals surface area contributed by atoms with Gasteiger partial charge in [-0.25, -0.2) is 18.4 Å². The van der Waals surface area contributed by atoms with Gasteiger partial charge in [-0.2, -0.15) is 0 Å². The molecule has 9 nitrogen and oxygen atoms in total. The highest BCUT2D eigenvalue weighted by molar-refractivity contribution is 7.90. The van der Waals surface area contributed by atoms with Crippen LogP contribution in [-0.2, 0) is 21.0 Å². The Kier molecular flexibility index (Phi) is 6.86. The average Bonchev–Trinajstić information content (AvgIpc) is 3.21. The summed E-state index contributed by atoms with van der Waals surface area (Å²) >= 11 is 6.11. The molecule has 190 valence electrons. The number of hydrogen-bond acceptors (Lipinski definition) is 7. The minimum Gasteiger partial charge on any atom is -0.361 e. The van der Waals surface area contributed by atoms with Gasteiger partial charge in [0.25, 0.3) is 5.82 Å². The predicted octanol–water partition coefficient (Wildman–Crippen LogP) is 5.78. The Hall–Kier alpha value is -3.52. The number of ether oxygens (including phenoxy) is 1. The molecule has 1 unspecified atom stereocenters. The van der Waals surface area contributed by atoms with Crippen LogP contribution in [0.25, 0.3) is 16.0 Å². The Morgan fingerprint density at radius 2 is 1.97 bits per heavy atom. The fourth-order valence-corrected chi connectivity index (χ4v) is 5.64. The zero-order chi connectivity index (χ0) is 26.2. The number of anilines is 2. The molecule has 11 heteroatoms. The van der Waals surface area contributed by atoms with Gasteiger partial charge in [0.05, 0.1) is 28.4 Å². The number of rotatable bonds is 6. The average molecular weight is 537 g/mol. The molecule has 0 saturated carbocycles. The van der Waals surface area contributed by atoms with Crippen molar-refractivity contribution in [2.75, 3.05) is 18.2 Å². The van der Waals surface area contributed by atoms with E-state index in [1.165, 1.54) is 6.07 Å². The molecule has 1 atom stereocenters. The maximum absolute atomic E-state index is 12.5. The topological polar surface area (TPSA) is 103 Å². The Labute approximate surface area is 220 Å². The van der Waals surface area contributed by atoms with Crippen LogP contribution in [0.2, 0.25) is 5.02 Å². The molecule has 37 heavy (non-hydrogen) atoms. The van der Waals surface area contributed by atoms with E-state index in [2.05, 4.69) is 15.1 Å². The van der Waals surface area contributed by atoms with Crippen LogP contribution in [0.4, 0.5) is 17.2 Å². The molecule has 3 aromatic heterocycles. The van der Waals surface area contributed by atoms with Crippen molar-refractivity contribution < 1.29 is 13.2 Å². The van der Waals surface area contributed by atoms with E-state index < -0.39 is 9.84 Å². The summed E-state index contributed by atoms with van der Waals surface area (Å²) in [6.07, 6.45) is 4.26. The van der Waals surface area contributed by atoms with Crippen molar-refractivity contribution in [1.29, 1.82) is 0 Å². The molecule has 1 aliphatic rings. The van der Waals surface area contributed by atoms with Crippen molar-refractivity contribution >= 4 is 49.8 Å². The third kappa shape index (κ3) is 5.30. The number of fused-ring (bicyclic) bond motifs is 1. The largest absolute Gasteiger partial charge is 0.361 e. The van der Waals surface area contributed by atoms with E-state index in [1.807, 2.05) is 23.6 Å². The molecule has 5 rings (SSSR count). The monoisotopic (exact) mass is 536 g/mol. The lowest BCUT2D eigenvalue weighted by Gasteiger charge is -2.25. The van der Waals surface area contributed by atoms with E-state index in [4.69, 9.17) is 32.9 Å². The first-order valence-electron chi connectivity index (χ1n) is 11.8. The van der Waals surface area contributed by atoms with Crippen LogP contribution in [0.3, 0.4) is 0 Å². The van der Waals surface area contributed by atoms with Gasteiger partial charge in [0.1, 0.15) is 23.3 Å². The number of aromatic nitrogens is 4. The van der Waals surface area contributed by atoms with Crippen LogP contribution in [0, 0.1) is 13.5 Å². The second-order valence-corrected chi connectivity index (χ2v) is 11.4. The molecule has 1 aliphatic heterocycles. The second-order valence-electron chi connectivity index (χ2n) is 9.00. The molecule has 4 aromatic rings. The molecule has 0 radical (unpaired) electrons. The number of halogens is 1. The Balaban J connectivity index is 1.66. The molecule has 0 bridgehead atoms. The fraction of sp³-hybridized carbons (Fsp3) is 0.308. The SMILES string of the molecule is [C-]#[N+]c1cccc(Cc2cc(Nc3ccc(Cl)cc3S(C)(=O)=O)c3nc(C)n(C4CCCCO4)c3n2)n1. The van der Waals surface area contributed by atoms with Crippen LogP contribution in [0.5, 0.6) is 0 Å². The number of aryl methyl sites for hydroxylation is 1. The minimum absolute atomic E-state index is 0.0877. The second kappa shape index (κ2) is 10.1. The molecule has 0 spiro atoms. The highest BCUT2D eigenvalue weighted by Gasteiger charge is 2.24. The summed E-state index contributed by atoms with van der Waals surface area (Å²) in [5.41, 5.74) is 3.63. The number of pyridine rings is 2. The maximum atomic E-state index is 12.5. The molecule has 0 amide bonds. The van der Waals surface area contributed by atoms with Crippen LogP contribution in [-0.4, -0.2) is 40.8 Å². The number of nitrogens with zero attached hydrogens (tertiary/aromatic N) is 5. The lowest BCUT2D eigenvalue weighted by molar-refractivity contribution is -0.0309. The van der Waals surface area contributed by atoms with Gasteiger partial charge in [-0.3, -0.25) is 4.57 Å². The molecule has 1 fully saturated rings. The van der Waals surface area contributed by atoms with Crippen molar-refractivity contribution in [3.05, 3.63) is 76.1 Å². The minimum atomic E-state index is -3.56. The molecule has 0 aliphatic carbocycles. The quantitative estimate of drug-likeness (QED) is 0.312. The lowest BCUT2D eigenvalue weighted by Crippen LogP contribution is -2.19. The van der Waals surface area contributed by atoms with Crippen LogP contribution in [0.1, 0.15) is 42.7 Å². The van der Waals surface area contributed by atoms with E-state index in [9.17, 15) is 8.42 Å². The van der Waals surface area contributed by atoms with Gasteiger partial charge in [-0.15, -0.1) is 4.98 Å². The summed E-state index contributed by atoms with van der Waals surface area (Å²) in [6.45, 7) is 9.85. The van der Waals surface area contributed by atoms with Gasteiger partial charge in [-0.1, -0.05) is 24.2 Å². The molecule has 1 saturated heterocycles. The standard InChI is InChI=1S/C26H25ClN6O3S/c1-16-29-25-21(32-20-11-10-17(27)13-22(20)37(3,34)35)15-19(14-18-7-6-8-23(28-2)30-18)31-26(25)33(16)24-9-4-5-12-36-24/h6-8,10-11,13,15,24H,4-5,9,12,14H2,1,3H3,(H,31,32). The summed E-state index contributed by atoms with van der Waals surface area (Å²) in [4.78, 5) is 17.6. The summed E-state index contributed by atoms with van der Waals surface area (Å²) in [5.74, 6) is 1.06. The van der Waals surface area contributed by atoms with Gasteiger partial charge < -0.3 is 14.9 Å². The maximum Gasteiger partial charge on any atom is 0.269 e. The van der Waals surface area contributed by atoms with Crippen molar-refractivity contribution in [3.63, 3.8) is 0 Å². The molecule has 1 aromatic carbocycles. The van der Waals surface area contributed by atoms with Crippen molar-refractivity contribution in [3.8, 4) is 0 Å². The zero-order valence-corrected chi connectivity index (χ0v) is 22.0. The van der Waals surface area contributed by atoms with E-state index in [0.717, 1.165) is 31.3 Å². The Bertz CT molecular complexity index is 1640. The molecular formula is C26H25ClN6O3S.